The number of halogens is 2. The number of methoxy groups -OCH3 is 2. The minimum Gasteiger partial charge on any atom is -0.491 e. The average Bonchev–Trinajstić information content (AvgIpc) is 3.84. The monoisotopic (exact) mass is 583 g/mol. The van der Waals surface area contributed by atoms with E-state index in [1.165, 1.54) is 56.8 Å². The number of nitrogens with zero attached hydrogens (tertiary/aromatic N) is 3. The van der Waals surface area contributed by atoms with E-state index >= 15 is 4.39 Å². The summed E-state index contributed by atoms with van der Waals surface area (Å²) in [5, 5.41) is 0. The smallest absolute Gasteiger partial charge is 0.257 e. The van der Waals surface area contributed by atoms with Crippen molar-refractivity contribution in [1.29, 1.82) is 0 Å². The van der Waals surface area contributed by atoms with Gasteiger partial charge in [0.15, 0.2) is 34.3 Å². The Bertz CT molecular complexity index is 1940. The molecule has 0 amide bonds. The van der Waals surface area contributed by atoms with Gasteiger partial charge in [0.05, 0.1) is 25.3 Å². The van der Waals surface area contributed by atoms with E-state index in [0.29, 0.717) is 33.5 Å². The Hall–Kier alpha value is -5.12. The molecule has 8 nitrogen and oxygen atoms in total. The molecule has 3 heterocycles. The van der Waals surface area contributed by atoms with Crippen molar-refractivity contribution in [3.63, 3.8) is 0 Å². The highest BCUT2D eigenvalue weighted by atomic mass is 19.1. The molecular weight excluding hydrogens is 556 g/mol. The molecule has 3 aromatic heterocycles. The number of hydrogen-bond donors (Lipinski definition) is 0. The van der Waals surface area contributed by atoms with Crippen LogP contribution in [0.2, 0.25) is 0 Å². The zero-order valence-corrected chi connectivity index (χ0v) is 23.7. The third-order valence-electron chi connectivity index (χ3n) is 7.46. The number of carbonyl (C=O) groups is 1. The average molecular weight is 584 g/mol. The van der Waals surface area contributed by atoms with Crippen molar-refractivity contribution < 1.29 is 27.8 Å². The van der Waals surface area contributed by atoms with Crippen molar-refractivity contribution in [2.75, 3.05) is 14.2 Å². The number of rotatable bonds is 9. The van der Waals surface area contributed by atoms with Gasteiger partial charge in [0.2, 0.25) is 0 Å². The number of pyridine rings is 3. The van der Waals surface area contributed by atoms with Gasteiger partial charge in [-0.2, -0.15) is 0 Å². The van der Waals surface area contributed by atoms with Gasteiger partial charge in [-0.05, 0) is 55.2 Å². The van der Waals surface area contributed by atoms with Gasteiger partial charge in [-0.3, -0.25) is 14.6 Å². The van der Waals surface area contributed by atoms with Gasteiger partial charge < -0.3 is 18.8 Å². The largest absolute Gasteiger partial charge is 0.491 e. The van der Waals surface area contributed by atoms with Crippen LogP contribution < -0.4 is 19.6 Å². The number of Topliss-reactive ketones (excluding diaryl/α,β-unsaturated/α-hetero) is 1. The molecule has 1 saturated carbocycles. The lowest BCUT2D eigenvalue weighted by Crippen LogP contribution is -2.23. The highest BCUT2D eigenvalue weighted by Gasteiger charge is 2.28. The van der Waals surface area contributed by atoms with Crippen LogP contribution in [0, 0.1) is 18.6 Å². The Kier molecular flexibility index (Phi) is 7.35. The molecule has 0 atom stereocenters. The number of hydrogen-bond acceptors (Lipinski definition) is 7. The molecule has 1 fully saturated rings. The Labute approximate surface area is 245 Å². The summed E-state index contributed by atoms with van der Waals surface area (Å²) in [6, 6.07) is 13.2. The van der Waals surface area contributed by atoms with Crippen molar-refractivity contribution in [3.05, 3.63) is 106 Å². The third kappa shape index (κ3) is 5.43. The van der Waals surface area contributed by atoms with Gasteiger partial charge in [-0.15, -0.1) is 0 Å². The van der Waals surface area contributed by atoms with Gasteiger partial charge in [-0.1, -0.05) is 18.2 Å². The molecule has 1 aliphatic carbocycles. The fourth-order valence-electron chi connectivity index (χ4n) is 5.13. The molecule has 0 N–H and O–H groups in total. The quantitative estimate of drug-likeness (QED) is 0.180. The van der Waals surface area contributed by atoms with Crippen LogP contribution in [-0.2, 0) is 6.42 Å². The predicted octanol–water partition coefficient (Wildman–Crippen LogP) is 6.61. The number of ether oxygens (including phenoxy) is 3. The first-order valence-electron chi connectivity index (χ1n) is 13.7. The summed E-state index contributed by atoms with van der Waals surface area (Å²) in [6.07, 6.45) is 4.79. The van der Waals surface area contributed by atoms with E-state index in [1.54, 1.807) is 24.4 Å². The SMILES string of the molecule is COc1cc2nccc(Oc3ccc(CC(=O)c4cn(C5CC5)c(C)c(-c5ccc(F)cc5)c4=O)cc3F)c2nc1OC. The van der Waals surface area contributed by atoms with Crippen LogP contribution in [0.25, 0.3) is 22.2 Å². The lowest BCUT2D eigenvalue weighted by Gasteiger charge is -2.16. The molecule has 0 bridgehead atoms. The fraction of sp³-hybridized carbons (Fsp3) is 0.212. The maximum absolute atomic E-state index is 15.3. The Balaban J connectivity index is 1.29. The van der Waals surface area contributed by atoms with E-state index in [2.05, 4.69) is 9.97 Å². The zero-order valence-electron chi connectivity index (χ0n) is 23.7. The normalized spacial score (nSPS) is 12.8. The first kappa shape index (κ1) is 28.0. The van der Waals surface area contributed by atoms with Crippen LogP contribution in [-0.4, -0.2) is 34.5 Å². The van der Waals surface area contributed by atoms with E-state index < -0.39 is 22.8 Å². The lowest BCUT2D eigenvalue weighted by molar-refractivity contribution is 0.0991. The molecule has 218 valence electrons. The van der Waals surface area contributed by atoms with Crippen LogP contribution in [0.15, 0.2) is 71.8 Å². The molecule has 0 aliphatic heterocycles. The molecule has 43 heavy (non-hydrogen) atoms. The number of benzene rings is 2. The summed E-state index contributed by atoms with van der Waals surface area (Å²) >= 11 is 0. The van der Waals surface area contributed by atoms with Crippen LogP contribution >= 0.6 is 0 Å². The standard InChI is InChI=1S/C33H27F2N3O5/c1-18-30(20-5-7-21(34)8-6-20)32(40)23(17-38(18)22-9-10-22)26(39)15-19-4-11-27(24(35)14-19)43-28-12-13-36-25-16-29(41-2)33(42-3)37-31(25)28/h4-8,11-14,16-17,22H,9-10,15H2,1-3H3. The molecule has 10 heteroatoms. The second-order valence-electron chi connectivity index (χ2n) is 10.3. The zero-order chi connectivity index (χ0) is 30.2. The second-order valence-corrected chi connectivity index (χ2v) is 10.3. The molecule has 5 aromatic rings. The van der Waals surface area contributed by atoms with Gasteiger partial charge in [-0.25, -0.2) is 13.8 Å². The molecular formula is C33H27F2N3O5. The Morgan fingerprint density at radius 3 is 2.42 bits per heavy atom. The lowest BCUT2D eigenvalue weighted by atomic mass is 9.97. The second kappa shape index (κ2) is 11.3. The summed E-state index contributed by atoms with van der Waals surface area (Å²) < 4.78 is 47.2. The number of fused-ring (bicyclic) bond motifs is 1. The molecule has 6 rings (SSSR count). The minimum absolute atomic E-state index is 0.0104. The highest BCUT2D eigenvalue weighted by molar-refractivity contribution is 5.98. The summed E-state index contributed by atoms with van der Waals surface area (Å²) in [5.74, 6) is -0.765. The molecule has 0 unspecified atom stereocenters. The summed E-state index contributed by atoms with van der Waals surface area (Å²) in [5.41, 5.74) is 2.38. The molecule has 0 radical (unpaired) electrons. The minimum atomic E-state index is -0.693. The van der Waals surface area contributed by atoms with Gasteiger partial charge in [0, 0.05) is 48.2 Å². The van der Waals surface area contributed by atoms with E-state index in [-0.39, 0.29) is 35.4 Å². The first-order chi connectivity index (χ1) is 20.8. The summed E-state index contributed by atoms with van der Waals surface area (Å²) in [6.45, 7) is 1.83. The molecule has 1 aliphatic rings. The van der Waals surface area contributed by atoms with E-state index in [1.807, 2.05) is 11.5 Å². The Morgan fingerprint density at radius 1 is 0.977 bits per heavy atom. The first-order valence-corrected chi connectivity index (χ1v) is 13.7. The van der Waals surface area contributed by atoms with Crippen LogP contribution in [0.5, 0.6) is 23.1 Å². The van der Waals surface area contributed by atoms with Crippen molar-refractivity contribution >= 4 is 16.8 Å². The topological polar surface area (TPSA) is 92.5 Å². The van der Waals surface area contributed by atoms with Crippen LogP contribution in [0.1, 0.15) is 40.5 Å². The summed E-state index contributed by atoms with van der Waals surface area (Å²) in [7, 11) is 2.94. The highest BCUT2D eigenvalue weighted by Crippen LogP contribution is 2.38. The van der Waals surface area contributed by atoms with Gasteiger partial charge in [0.25, 0.3) is 5.88 Å². The van der Waals surface area contributed by atoms with E-state index in [0.717, 1.165) is 18.5 Å². The van der Waals surface area contributed by atoms with Crippen molar-refractivity contribution in [1.82, 2.24) is 14.5 Å². The molecule has 0 saturated heterocycles. The predicted molar refractivity (Wildman–Crippen MR) is 156 cm³/mol. The Morgan fingerprint density at radius 2 is 1.74 bits per heavy atom. The maximum atomic E-state index is 15.3. The van der Waals surface area contributed by atoms with Crippen molar-refractivity contribution in [2.24, 2.45) is 0 Å². The summed E-state index contributed by atoms with van der Waals surface area (Å²) in [4.78, 5) is 35.7. The fourth-order valence-corrected chi connectivity index (χ4v) is 5.13. The third-order valence-corrected chi connectivity index (χ3v) is 7.46. The maximum Gasteiger partial charge on any atom is 0.257 e. The number of aromatic nitrogens is 3. The van der Waals surface area contributed by atoms with Crippen LogP contribution in [0.3, 0.4) is 0 Å². The van der Waals surface area contributed by atoms with E-state index in [9.17, 15) is 14.0 Å². The van der Waals surface area contributed by atoms with Gasteiger partial charge in [0.1, 0.15) is 11.3 Å². The van der Waals surface area contributed by atoms with Gasteiger partial charge >= 0.3 is 0 Å². The van der Waals surface area contributed by atoms with Crippen molar-refractivity contribution in [3.8, 4) is 34.3 Å². The van der Waals surface area contributed by atoms with Crippen molar-refractivity contribution in [2.45, 2.75) is 32.2 Å². The van der Waals surface area contributed by atoms with E-state index in [4.69, 9.17) is 14.2 Å². The number of carbonyl (C=O) groups excluding carboxylic acids is 1. The molecule has 2 aromatic carbocycles. The number of ketones is 1. The molecule has 0 spiro atoms. The van der Waals surface area contributed by atoms with Crippen LogP contribution in [0.4, 0.5) is 8.78 Å².